The minimum absolute atomic E-state index is 0.0827. The molecule has 10 heteroatoms. The Hall–Kier alpha value is -4.60. The summed E-state index contributed by atoms with van der Waals surface area (Å²) in [5.74, 6) is -2.23. The van der Waals surface area contributed by atoms with Crippen LogP contribution in [0.15, 0.2) is 82.4 Å². The van der Waals surface area contributed by atoms with E-state index in [0.29, 0.717) is 17.3 Å². The Morgan fingerprint density at radius 2 is 1.69 bits per heavy atom. The van der Waals surface area contributed by atoms with Gasteiger partial charge >= 0.3 is 5.69 Å². The molecule has 0 bridgehead atoms. The number of carbonyl (C=O) groups is 1. The van der Waals surface area contributed by atoms with Crippen molar-refractivity contribution in [2.24, 2.45) is 0 Å². The van der Waals surface area contributed by atoms with Crippen LogP contribution in [0.25, 0.3) is 16.7 Å². The third-order valence-corrected chi connectivity index (χ3v) is 5.65. The van der Waals surface area contributed by atoms with Gasteiger partial charge in [-0.05, 0) is 36.2 Å². The van der Waals surface area contributed by atoms with Crippen LogP contribution in [0.4, 0.5) is 14.5 Å². The molecule has 0 spiro atoms. The molecule has 0 fully saturated rings. The van der Waals surface area contributed by atoms with Crippen LogP contribution in [0.5, 0.6) is 0 Å². The van der Waals surface area contributed by atoms with E-state index in [-0.39, 0.29) is 23.6 Å². The molecule has 3 aromatic carbocycles. The van der Waals surface area contributed by atoms with Crippen molar-refractivity contribution in [3.63, 3.8) is 0 Å². The summed E-state index contributed by atoms with van der Waals surface area (Å²) >= 11 is 0. The van der Waals surface area contributed by atoms with Gasteiger partial charge in [0, 0.05) is 12.6 Å². The zero-order valence-electron chi connectivity index (χ0n) is 18.3. The molecular weight excluding hydrogens is 456 g/mol. The maximum absolute atomic E-state index is 13.9. The zero-order valence-corrected chi connectivity index (χ0v) is 18.3. The number of amides is 1. The highest BCUT2D eigenvalue weighted by Crippen LogP contribution is 2.15. The van der Waals surface area contributed by atoms with Crippen LogP contribution in [-0.4, -0.2) is 24.7 Å². The molecule has 0 aliphatic heterocycles. The lowest BCUT2D eigenvalue weighted by molar-refractivity contribution is -0.117. The van der Waals surface area contributed by atoms with Gasteiger partial charge in [-0.2, -0.15) is 0 Å². The SMILES string of the molecule is O=C(Cn1nc2n(CCc3ccccc3)c(=O)c3ccccc3n2c1=O)Nc1cc(F)ccc1F. The molecule has 8 nitrogen and oxygen atoms in total. The maximum atomic E-state index is 13.9. The normalized spacial score (nSPS) is 11.3. The Morgan fingerprint density at radius 3 is 2.49 bits per heavy atom. The fourth-order valence-corrected chi connectivity index (χ4v) is 3.98. The summed E-state index contributed by atoms with van der Waals surface area (Å²) in [7, 11) is 0. The van der Waals surface area contributed by atoms with Crippen molar-refractivity contribution in [3.05, 3.63) is 111 Å². The minimum atomic E-state index is -0.817. The molecule has 0 saturated carbocycles. The van der Waals surface area contributed by atoms with E-state index in [9.17, 15) is 23.2 Å². The second-order valence-electron chi connectivity index (χ2n) is 7.96. The number of para-hydroxylation sites is 1. The molecule has 0 radical (unpaired) electrons. The van der Waals surface area contributed by atoms with Crippen LogP contribution in [0.1, 0.15) is 5.56 Å². The first-order valence-corrected chi connectivity index (χ1v) is 10.8. The summed E-state index contributed by atoms with van der Waals surface area (Å²) in [5, 5.41) is 6.84. The summed E-state index contributed by atoms with van der Waals surface area (Å²) in [6.07, 6.45) is 0.523. The molecule has 2 aromatic heterocycles. The van der Waals surface area contributed by atoms with E-state index in [1.165, 1.54) is 8.97 Å². The first kappa shape index (κ1) is 22.2. The van der Waals surface area contributed by atoms with Gasteiger partial charge in [-0.1, -0.05) is 42.5 Å². The Morgan fingerprint density at radius 1 is 0.943 bits per heavy atom. The minimum Gasteiger partial charge on any atom is -0.322 e. The first-order chi connectivity index (χ1) is 16.9. The van der Waals surface area contributed by atoms with Crippen LogP contribution < -0.4 is 16.6 Å². The van der Waals surface area contributed by atoms with E-state index in [1.807, 2.05) is 30.3 Å². The summed E-state index contributed by atoms with van der Waals surface area (Å²) in [5.41, 5.74) is 0.0595. The fraction of sp³-hybridized carbons (Fsp3) is 0.120. The monoisotopic (exact) mass is 475 g/mol. The van der Waals surface area contributed by atoms with Crippen molar-refractivity contribution in [1.82, 2.24) is 18.7 Å². The number of hydrogen-bond acceptors (Lipinski definition) is 4. The van der Waals surface area contributed by atoms with Gasteiger partial charge in [0.15, 0.2) is 0 Å². The molecule has 176 valence electrons. The number of rotatable bonds is 6. The predicted octanol–water partition coefficient (Wildman–Crippen LogP) is 2.97. The second-order valence-corrected chi connectivity index (χ2v) is 7.96. The van der Waals surface area contributed by atoms with Gasteiger partial charge in [0.2, 0.25) is 11.7 Å². The van der Waals surface area contributed by atoms with Crippen LogP contribution in [0, 0.1) is 11.6 Å². The quantitative estimate of drug-likeness (QED) is 0.409. The molecular formula is C25H19F2N5O3. The topological polar surface area (TPSA) is 90.4 Å². The molecule has 1 amide bonds. The number of carbonyl (C=O) groups excluding carboxylic acids is 1. The lowest BCUT2D eigenvalue weighted by Gasteiger charge is -2.09. The molecule has 0 saturated heterocycles. The third kappa shape index (κ3) is 4.21. The lowest BCUT2D eigenvalue weighted by Crippen LogP contribution is -2.29. The van der Waals surface area contributed by atoms with Crippen LogP contribution in [0.2, 0.25) is 0 Å². The predicted molar refractivity (Wildman–Crippen MR) is 126 cm³/mol. The Labute approximate surface area is 196 Å². The van der Waals surface area contributed by atoms with Crippen LogP contribution >= 0.6 is 0 Å². The summed E-state index contributed by atoms with van der Waals surface area (Å²) < 4.78 is 30.9. The van der Waals surface area contributed by atoms with Gasteiger partial charge in [-0.15, -0.1) is 5.10 Å². The largest absolute Gasteiger partial charge is 0.352 e. The molecule has 0 atom stereocenters. The highest BCUT2D eigenvalue weighted by molar-refractivity contribution is 5.90. The number of fused-ring (bicyclic) bond motifs is 3. The average molecular weight is 475 g/mol. The summed E-state index contributed by atoms with van der Waals surface area (Å²) in [6.45, 7) is -0.300. The molecule has 1 N–H and O–H groups in total. The average Bonchev–Trinajstić information content (AvgIpc) is 3.17. The molecule has 5 aromatic rings. The smallest absolute Gasteiger partial charge is 0.322 e. The van der Waals surface area contributed by atoms with Crippen LogP contribution in [-0.2, 0) is 24.3 Å². The third-order valence-electron chi connectivity index (χ3n) is 5.65. The van der Waals surface area contributed by atoms with Crippen molar-refractivity contribution < 1.29 is 13.6 Å². The Balaban J connectivity index is 1.56. The van der Waals surface area contributed by atoms with E-state index in [1.54, 1.807) is 24.3 Å². The Bertz CT molecular complexity index is 1690. The van der Waals surface area contributed by atoms with E-state index in [4.69, 9.17) is 0 Å². The molecule has 2 heterocycles. The number of hydrogen-bond donors (Lipinski definition) is 1. The van der Waals surface area contributed by atoms with Crippen molar-refractivity contribution in [2.75, 3.05) is 5.32 Å². The van der Waals surface area contributed by atoms with Gasteiger partial charge in [0.1, 0.15) is 18.2 Å². The number of aryl methyl sites for hydroxylation is 2. The van der Waals surface area contributed by atoms with Gasteiger partial charge in [-0.3, -0.25) is 14.2 Å². The zero-order chi connectivity index (χ0) is 24.5. The number of halogens is 2. The first-order valence-electron chi connectivity index (χ1n) is 10.8. The Kier molecular flexibility index (Phi) is 5.69. The summed E-state index contributed by atoms with van der Waals surface area (Å²) in [4.78, 5) is 39.0. The molecule has 35 heavy (non-hydrogen) atoms. The van der Waals surface area contributed by atoms with Crippen molar-refractivity contribution in [2.45, 2.75) is 19.5 Å². The molecule has 0 aliphatic carbocycles. The number of benzene rings is 3. The lowest BCUT2D eigenvalue weighted by atomic mass is 10.1. The summed E-state index contributed by atoms with van der Waals surface area (Å²) in [6, 6.07) is 18.9. The van der Waals surface area contributed by atoms with E-state index >= 15 is 0 Å². The highest BCUT2D eigenvalue weighted by atomic mass is 19.1. The van der Waals surface area contributed by atoms with Gasteiger partial charge in [-0.25, -0.2) is 22.7 Å². The van der Waals surface area contributed by atoms with E-state index in [0.717, 1.165) is 28.4 Å². The van der Waals surface area contributed by atoms with E-state index in [2.05, 4.69) is 10.4 Å². The number of aromatic nitrogens is 4. The fourth-order valence-electron chi connectivity index (χ4n) is 3.98. The van der Waals surface area contributed by atoms with Crippen LogP contribution in [0.3, 0.4) is 0 Å². The van der Waals surface area contributed by atoms with Crippen molar-refractivity contribution >= 4 is 28.3 Å². The van der Waals surface area contributed by atoms with Crippen molar-refractivity contribution in [3.8, 4) is 0 Å². The van der Waals surface area contributed by atoms with E-state index < -0.39 is 29.8 Å². The van der Waals surface area contributed by atoms with Gasteiger partial charge < -0.3 is 5.32 Å². The molecule has 0 unspecified atom stereocenters. The second kappa shape index (κ2) is 8.98. The van der Waals surface area contributed by atoms with Gasteiger partial charge in [0.25, 0.3) is 5.56 Å². The molecule has 0 aliphatic rings. The number of nitrogens with one attached hydrogen (secondary N) is 1. The van der Waals surface area contributed by atoms with Gasteiger partial charge in [0.05, 0.1) is 16.6 Å². The number of nitrogens with zero attached hydrogens (tertiary/aromatic N) is 4. The standard InChI is InChI=1S/C25H19F2N5O3/c26-17-10-11-19(27)20(14-17)28-22(33)15-31-25(35)32-21-9-5-4-8-18(21)23(34)30(24(32)29-31)13-12-16-6-2-1-3-7-16/h1-11,14H,12-13,15H2,(H,28,33). The molecule has 5 rings (SSSR count). The number of anilines is 1. The highest BCUT2D eigenvalue weighted by Gasteiger charge is 2.19. The van der Waals surface area contributed by atoms with Crippen molar-refractivity contribution in [1.29, 1.82) is 0 Å². The maximum Gasteiger partial charge on any atom is 0.352 e.